The number of carbonyl (C=O) groups is 3. The molecule has 2 amide bonds. The fourth-order valence-corrected chi connectivity index (χ4v) is 4.73. The molecule has 0 aliphatic carbocycles. The van der Waals surface area contributed by atoms with Crippen LogP contribution >= 0.6 is 0 Å². The maximum absolute atomic E-state index is 12.3. The largest absolute Gasteiger partial charge is 0.463 e. The maximum Gasteiger partial charge on any atom is 0.302 e. The normalized spacial score (nSPS) is 31.2. The Morgan fingerprint density at radius 3 is 2.57 bits per heavy atom. The van der Waals surface area contributed by atoms with Gasteiger partial charge in [-0.05, 0) is 44.4 Å². The lowest BCUT2D eigenvalue weighted by Crippen LogP contribution is -2.47. The molecule has 2 aliphatic rings. The number of unbranched alkanes of at least 4 members (excludes halogenated alkanes) is 2. The van der Waals surface area contributed by atoms with Crippen molar-refractivity contribution in [2.45, 2.75) is 104 Å². The van der Waals surface area contributed by atoms with E-state index >= 15 is 0 Å². The van der Waals surface area contributed by atoms with Crippen LogP contribution in [0, 0.1) is 17.8 Å². The molecule has 0 saturated carbocycles. The Morgan fingerprint density at radius 2 is 1.86 bits per heavy atom. The highest BCUT2D eigenvalue weighted by molar-refractivity contribution is 5.77. The summed E-state index contributed by atoms with van der Waals surface area (Å²) in [5.41, 5.74) is 0. The lowest BCUT2D eigenvalue weighted by atomic mass is 9.79. The highest BCUT2D eigenvalue weighted by Crippen LogP contribution is 2.35. The summed E-state index contributed by atoms with van der Waals surface area (Å²) in [6, 6.07) is -0.201. The van der Waals surface area contributed by atoms with Crippen LogP contribution < -0.4 is 5.32 Å². The summed E-state index contributed by atoms with van der Waals surface area (Å²) in [7, 11) is 0. The topological polar surface area (TPSA) is 114 Å². The van der Waals surface area contributed by atoms with Crippen LogP contribution in [0.3, 0.4) is 0 Å². The lowest BCUT2D eigenvalue weighted by molar-refractivity contribution is -0.255. The minimum absolute atomic E-state index is 0.0237. The number of ether oxygens (including phenoxy) is 3. The predicted molar refractivity (Wildman–Crippen MR) is 131 cm³/mol. The summed E-state index contributed by atoms with van der Waals surface area (Å²) in [5, 5.41) is 12.6. The van der Waals surface area contributed by atoms with Gasteiger partial charge in [0.25, 0.3) is 0 Å². The van der Waals surface area contributed by atoms with Gasteiger partial charge in [0, 0.05) is 52.8 Å². The Balaban J connectivity index is 1.54. The van der Waals surface area contributed by atoms with Crippen molar-refractivity contribution in [1.82, 2.24) is 10.2 Å². The fraction of sp³-hybridized carbons (Fsp3) is 0.885. The third-order valence-electron chi connectivity index (χ3n) is 7.37. The Bertz CT molecular complexity index is 710. The number of hydrogen-bond acceptors (Lipinski definition) is 7. The third-order valence-corrected chi connectivity index (χ3v) is 7.37. The van der Waals surface area contributed by atoms with Gasteiger partial charge in [-0.25, -0.2) is 0 Å². The number of hydrogen-bond donors (Lipinski definition) is 2. The molecule has 2 saturated heterocycles. The fourth-order valence-electron chi connectivity index (χ4n) is 4.73. The first-order chi connectivity index (χ1) is 17.1. The summed E-state index contributed by atoms with van der Waals surface area (Å²) in [4.78, 5) is 37.1. The monoisotopic (exact) mass is 499 g/mol. The van der Waals surface area contributed by atoms with E-state index in [9.17, 15) is 19.5 Å². The second kappa shape index (κ2) is 14.8. The molecule has 9 nitrogen and oxygen atoms in total. The van der Waals surface area contributed by atoms with Gasteiger partial charge in [0.15, 0.2) is 6.29 Å². The number of amides is 2. The van der Waals surface area contributed by atoms with Crippen molar-refractivity contribution < 1.29 is 35.1 Å². The Hall–Kier alpha value is -1.71. The summed E-state index contributed by atoms with van der Waals surface area (Å²) in [6.07, 6.45) is 3.16. The molecule has 35 heavy (non-hydrogen) atoms. The Morgan fingerprint density at radius 1 is 1.09 bits per heavy atom. The minimum Gasteiger partial charge on any atom is -0.463 e. The number of nitrogens with one attached hydrogen (secondary N) is 1. The van der Waals surface area contributed by atoms with Gasteiger partial charge in [0.1, 0.15) is 6.61 Å². The number of β-amino-alcohol motifs (C(OH)–C–C–N with tert-alkyl or cyclic N) is 1. The molecule has 2 fully saturated rings. The summed E-state index contributed by atoms with van der Waals surface area (Å²) < 4.78 is 24.7. The van der Waals surface area contributed by atoms with Gasteiger partial charge in [-0.2, -0.15) is 0 Å². The first kappa shape index (κ1) is 27.9. The van der Waals surface area contributed by atoms with Gasteiger partial charge in [-0.1, -0.05) is 27.2 Å². The van der Waals surface area contributed by atoms with Crippen LogP contribution in [0.1, 0.15) is 80.9 Å². The molecular weight excluding hydrogens is 452 g/mol. The molecule has 2 unspecified atom stereocenters. The van der Waals surface area contributed by atoms with Crippen LogP contribution in [0.4, 0.5) is 0 Å². The lowest BCUT2D eigenvalue weighted by Gasteiger charge is -2.43. The summed E-state index contributed by atoms with van der Waals surface area (Å²) in [5.74, 6) is 0.488. The number of esters is 1. The molecule has 2 heterocycles. The molecule has 2 N–H and O–H groups in total. The van der Waals surface area contributed by atoms with Crippen LogP contribution in [0.2, 0.25) is 0 Å². The van der Waals surface area contributed by atoms with Gasteiger partial charge in [-0.15, -0.1) is 0 Å². The molecule has 7 atom stereocenters. The Kier molecular flexibility index (Phi) is 11.7. The molecule has 0 radical (unpaired) electrons. The molecule has 2 aliphatic heterocycles. The second-order valence-corrected chi connectivity index (χ2v) is 10.1. The highest BCUT2D eigenvalue weighted by Gasteiger charge is 2.40. The van der Waals surface area contributed by atoms with E-state index in [0.29, 0.717) is 51.3 Å². The van der Waals surface area contributed by atoms with Gasteiger partial charge in [-0.3, -0.25) is 14.4 Å². The highest BCUT2D eigenvalue weighted by atomic mass is 16.7. The van der Waals surface area contributed by atoms with Crippen LogP contribution in [0.25, 0.3) is 0 Å². The van der Waals surface area contributed by atoms with E-state index in [-0.39, 0.29) is 61.6 Å². The number of aliphatic hydroxyl groups is 1. The molecule has 0 bridgehead atoms. The average Bonchev–Trinajstić information content (AvgIpc) is 3.23. The van der Waals surface area contributed by atoms with Crippen molar-refractivity contribution in [2.75, 3.05) is 26.3 Å². The number of rotatable bonds is 13. The second-order valence-electron chi connectivity index (χ2n) is 10.1. The van der Waals surface area contributed by atoms with Gasteiger partial charge >= 0.3 is 5.97 Å². The molecule has 0 aromatic carbocycles. The van der Waals surface area contributed by atoms with Crippen molar-refractivity contribution in [1.29, 1.82) is 0 Å². The number of nitrogens with zero attached hydrogens (tertiary/aromatic N) is 1. The van der Waals surface area contributed by atoms with Crippen molar-refractivity contribution >= 4 is 17.8 Å². The summed E-state index contributed by atoms with van der Waals surface area (Å²) in [6.45, 7) is 9.44. The van der Waals surface area contributed by atoms with Crippen LogP contribution in [0.5, 0.6) is 0 Å². The smallest absolute Gasteiger partial charge is 0.302 e. The number of carbonyl (C=O) groups excluding carboxylic acids is 3. The molecular formula is C26H46N2O7. The van der Waals surface area contributed by atoms with E-state index in [1.54, 1.807) is 4.90 Å². The van der Waals surface area contributed by atoms with E-state index in [1.807, 2.05) is 0 Å². The number of likely N-dealkylation sites (tertiary alicyclic amines) is 1. The van der Waals surface area contributed by atoms with Crippen molar-refractivity contribution in [2.24, 2.45) is 17.8 Å². The summed E-state index contributed by atoms with van der Waals surface area (Å²) >= 11 is 0. The Labute approximate surface area is 211 Å². The average molecular weight is 500 g/mol. The molecule has 0 aromatic heterocycles. The SMILES string of the molecule is [2H]C[C@@H]1C[C@@H](O)CN1C(=O)CCCNC(=O)CCCCCO[C@@H]1OC(COC(C)=O)[C@H](C)[C@H](C)C1C. The van der Waals surface area contributed by atoms with Gasteiger partial charge < -0.3 is 29.5 Å². The van der Waals surface area contributed by atoms with Gasteiger partial charge in [0.2, 0.25) is 11.8 Å². The zero-order valence-corrected chi connectivity index (χ0v) is 21.9. The van der Waals surface area contributed by atoms with Crippen LogP contribution in [-0.4, -0.2) is 78.6 Å². The molecule has 202 valence electrons. The van der Waals surface area contributed by atoms with Crippen molar-refractivity contribution in [3.63, 3.8) is 0 Å². The molecule has 2 rings (SSSR count). The molecule has 9 heteroatoms. The minimum atomic E-state index is -0.537. The molecule has 0 spiro atoms. The van der Waals surface area contributed by atoms with E-state index < -0.39 is 6.10 Å². The van der Waals surface area contributed by atoms with Gasteiger partial charge in [0.05, 0.1) is 12.2 Å². The van der Waals surface area contributed by atoms with Crippen LogP contribution in [-0.2, 0) is 28.6 Å². The zero-order chi connectivity index (χ0) is 26.7. The van der Waals surface area contributed by atoms with Crippen molar-refractivity contribution in [3.05, 3.63) is 0 Å². The first-order valence-electron chi connectivity index (χ1n) is 13.8. The standard InChI is InChI=1S/C26H46N2O7/c1-17-14-22(30)15-28(17)25(32)11-9-12-27-24(31)10-7-6-8-13-33-26-20(4)18(2)19(3)23(35-26)16-34-21(5)29/h17-20,22-23,26,30H,6-16H2,1-5H3,(H,27,31)/t17-,18+,19-,20?,22-,23?,26-/m1/s1/i1D. The molecule has 0 aromatic rings. The van der Waals surface area contributed by atoms with E-state index in [0.717, 1.165) is 19.3 Å². The van der Waals surface area contributed by atoms with E-state index in [1.165, 1.54) is 6.92 Å². The van der Waals surface area contributed by atoms with Crippen LogP contribution in [0.15, 0.2) is 0 Å². The van der Waals surface area contributed by atoms with Crippen molar-refractivity contribution in [3.8, 4) is 0 Å². The van der Waals surface area contributed by atoms with E-state index in [4.69, 9.17) is 15.6 Å². The quantitative estimate of drug-likeness (QED) is 0.296. The third kappa shape index (κ3) is 9.69. The zero-order valence-electron chi connectivity index (χ0n) is 22.9. The van der Waals surface area contributed by atoms with E-state index in [2.05, 4.69) is 26.1 Å². The maximum atomic E-state index is 12.3. The first-order valence-corrected chi connectivity index (χ1v) is 13.1. The number of aliphatic hydroxyl groups excluding tert-OH is 1. The predicted octanol–water partition coefficient (Wildman–Crippen LogP) is 2.64.